The highest BCUT2D eigenvalue weighted by molar-refractivity contribution is 5.57. The Morgan fingerprint density at radius 2 is 1.75 bits per heavy atom. The molecule has 0 unspecified atom stereocenters. The molecule has 130 valence electrons. The summed E-state index contributed by atoms with van der Waals surface area (Å²) < 4.78 is 39.4. The molecule has 0 saturated heterocycles. The molecule has 2 aromatic rings. The lowest BCUT2D eigenvalue weighted by atomic mass is 9.87. The lowest BCUT2D eigenvalue weighted by molar-refractivity contribution is -0.141. The van der Waals surface area contributed by atoms with Crippen LogP contribution in [0.1, 0.15) is 26.5 Å². The van der Waals surface area contributed by atoms with Gasteiger partial charge >= 0.3 is 6.18 Å². The molecule has 0 bridgehead atoms. The van der Waals surface area contributed by atoms with Gasteiger partial charge in [0.2, 0.25) is 0 Å². The zero-order chi connectivity index (χ0) is 18.0. The summed E-state index contributed by atoms with van der Waals surface area (Å²) in [6, 6.07) is 3.46. The maximum absolute atomic E-state index is 13.1. The standard InChI is InChI=1S/C16H19F3N4O/c1-15(2,3)12(9-24)21-13-8-11(16(17,18)19)22-14(23-13)10-4-6-20-7-5-10/h4-8,12,24H,9H2,1-3H3,(H,21,22,23)/t12-/m1/s1. The summed E-state index contributed by atoms with van der Waals surface area (Å²) >= 11 is 0. The maximum atomic E-state index is 13.1. The molecule has 2 N–H and O–H groups in total. The van der Waals surface area contributed by atoms with E-state index in [4.69, 9.17) is 0 Å². The number of aromatic nitrogens is 3. The largest absolute Gasteiger partial charge is 0.433 e. The number of hydrogen-bond donors (Lipinski definition) is 2. The number of rotatable bonds is 4. The molecular weight excluding hydrogens is 321 g/mol. The van der Waals surface area contributed by atoms with Crippen LogP contribution in [0.5, 0.6) is 0 Å². The zero-order valence-electron chi connectivity index (χ0n) is 13.6. The average Bonchev–Trinajstić information content (AvgIpc) is 2.51. The number of alkyl halides is 3. The zero-order valence-corrected chi connectivity index (χ0v) is 13.6. The number of nitrogens with one attached hydrogen (secondary N) is 1. The number of aliphatic hydroxyl groups is 1. The van der Waals surface area contributed by atoms with Gasteiger partial charge < -0.3 is 10.4 Å². The third kappa shape index (κ3) is 4.41. The minimum Gasteiger partial charge on any atom is -0.394 e. The van der Waals surface area contributed by atoms with Crippen molar-refractivity contribution in [2.24, 2.45) is 5.41 Å². The lowest BCUT2D eigenvalue weighted by Gasteiger charge is -2.30. The second-order valence-electron chi connectivity index (χ2n) is 6.44. The Balaban J connectivity index is 2.48. The van der Waals surface area contributed by atoms with Crippen LogP contribution in [-0.2, 0) is 6.18 Å². The fraction of sp³-hybridized carbons (Fsp3) is 0.438. The Kier molecular flexibility index (Phi) is 5.08. The fourth-order valence-electron chi connectivity index (χ4n) is 2.01. The van der Waals surface area contributed by atoms with Gasteiger partial charge in [-0.25, -0.2) is 9.97 Å². The molecule has 2 heterocycles. The van der Waals surface area contributed by atoms with E-state index in [2.05, 4.69) is 20.3 Å². The summed E-state index contributed by atoms with van der Waals surface area (Å²) in [5.74, 6) is -0.0431. The van der Waals surface area contributed by atoms with Gasteiger partial charge in [-0.3, -0.25) is 4.98 Å². The highest BCUT2D eigenvalue weighted by Crippen LogP contribution is 2.31. The highest BCUT2D eigenvalue weighted by atomic mass is 19.4. The van der Waals surface area contributed by atoms with E-state index in [1.54, 1.807) is 0 Å². The van der Waals surface area contributed by atoms with Crippen molar-refractivity contribution in [2.75, 3.05) is 11.9 Å². The van der Waals surface area contributed by atoms with Gasteiger partial charge in [-0.15, -0.1) is 0 Å². The molecule has 0 aliphatic heterocycles. The molecule has 0 saturated carbocycles. The Morgan fingerprint density at radius 3 is 2.25 bits per heavy atom. The fourth-order valence-corrected chi connectivity index (χ4v) is 2.01. The van der Waals surface area contributed by atoms with Crippen LogP contribution in [0.2, 0.25) is 0 Å². The number of nitrogens with zero attached hydrogens (tertiary/aromatic N) is 3. The van der Waals surface area contributed by atoms with Gasteiger partial charge in [0.05, 0.1) is 12.6 Å². The third-order valence-electron chi connectivity index (χ3n) is 3.51. The normalized spacial score (nSPS) is 13.6. The van der Waals surface area contributed by atoms with Crippen molar-refractivity contribution in [3.8, 4) is 11.4 Å². The minimum absolute atomic E-state index is 0.0121. The van der Waals surface area contributed by atoms with Crippen molar-refractivity contribution in [3.63, 3.8) is 0 Å². The van der Waals surface area contributed by atoms with E-state index in [9.17, 15) is 18.3 Å². The van der Waals surface area contributed by atoms with Crippen LogP contribution in [0.4, 0.5) is 19.0 Å². The molecule has 0 spiro atoms. The van der Waals surface area contributed by atoms with Gasteiger partial charge in [0.25, 0.3) is 0 Å². The molecule has 0 radical (unpaired) electrons. The number of aliphatic hydroxyl groups excluding tert-OH is 1. The molecule has 0 aliphatic rings. The number of anilines is 1. The van der Waals surface area contributed by atoms with Gasteiger partial charge in [0, 0.05) is 24.0 Å². The summed E-state index contributed by atoms with van der Waals surface area (Å²) in [5, 5.41) is 12.4. The molecule has 8 heteroatoms. The number of halogens is 3. The molecule has 0 aromatic carbocycles. The van der Waals surface area contributed by atoms with E-state index >= 15 is 0 Å². The first kappa shape index (κ1) is 18.1. The van der Waals surface area contributed by atoms with E-state index in [1.165, 1.54) is 24.5 Å². The van der Waals surface area contributed by atoms with Crippen molar-refractivity contribution in [2.45, 2.75) is 33.0 Å². The van der Waals surface area contributed by atoms with E-state index in [-0.39, 0.29) is 23.7 Å². The van der Waals surface area contributed by atoms with Crippen molar-refractivity contribution in [1.29, 1.82) is 0 Å². The lowest BCUT2D eigenvalue weighted by Crippen LogP contribution is -2.37. The van der Waals surface area contributed by atoms with Crippen LogP contribution in [-0.4, -0.2) is 32.7 Å². The van der Waals surface area contributed by atoms with Crippen molar-refractivity contribution in [3.05, 3.63) is 36.3 Å². The van der Waals surface area contributed by atoms with E-state index in [0.29, 0.717) is 5.56 Å². The van der Waals surface area contributed by atoms with Crippen molar-refractivity contribution >= 4 is 5.82 Å². The third-order valence-corrected chi connectivity index (χ3v) is 3.51. The van der Waals surface area contributed by atoms with Crippen LogP contribution in [0, 0.1) is 5.41 Å². The molecule has 1 atom stereocenters. The maximum Gasteiger partial charge on any atom is 0.433 e. The number of hydrogen-bond acceptors (Lipinski definition) is 5. The van der Waals surface area contributed by atoms with Gasteiger partial charge in [0.1, 0.15) is 5.82 Å². The van der Waals surface area contributed by atoms with Crippen LogP contribution in [0.3, 0.4) is 0 Å². The predicted molar refractivity (Wildman–Crippen MR) is 84.2 cm³/mol. The van der Waals surface area contributed by atoms with E-state index in [1.807, 2.05) is 20.8 Å². The Morgan fingerprint density at radius 1 is 1.12 bits per heavy atom. The van der Waals surface area contributed by atoms with Crippen LogP contribution in [0.25, 0.3) is 11.4 Å². The molecule has 24 heavy (non-hydrogen) atoms. The van der Waals surface area contributed by atoms with E-state index in [0.717, 1.165) is 6.07 Å². The monoisotopic (exact) mass is 340 g/mol. The average molecular weight is 340 g/mol. The number of pyridine rings is 1. The van der Waals surface area contributed by atoms with Gasteiger partial charge in [-0.1, -0.05) is 20.8 Å². The van der Waals surface area contributed by atoms with Crippen molar-refractivity contribution < 1.29 is 18.3 Å². The molecule has 0 amide bonds. The molecule has 0 aliphatic carbocycles. The van der Waals surface area contributed by atoms with Crippen molar-refractivity contribution in [1.82, 2.24) is 15.0 Å². The second kappa shape index (κ2) is 6.72. The molecule has 5 nitrogen and oxygen atoms in total. The van der Waals surface area contributed by atoms with Crippen LogP contribution < -0.4 is 5.32 Å². The summed E-state index contributed by atoms with van der Waals surface area (Å²) in [6.45, 7) is 5.38. The smallest absolute Gasteiger partial charge is 0.394 e. The first-order valence-electron chi connectivity index (χ1n) is 7.35. The Labute approximate surface area is 138 Å². The molecule has 2 aromatic heterocycles. The first-order valence-corrected chi connectivity index (χ1v) is 7.35. The molecule has 2 rings (SSSR count). The van der Waals surface area contributed by atoms with E-state index < -0.39 is 17.9 Å². The summed E-state index contributed by atoms with van der Waals surface area (Å²) in [5.41, 5.74) is -0.984. The molecular formula is C16H19F3N4O. The minimum atomic E-state index is -4.60. The topological polar surface area (TPSA) is 70.9 Å². The van der Waals surface area contributed by atoms with Gasteiger partial charge in [-0.2, -0.15) is 13.2 Å². The SMILES string of the molecule is CC(C)(C)[C@@H](CO)Nc1cc(C(F)(F)F)nc(-c2ccncc2)n1. The highest BCUT2D eigenvalue weighted by Gasteiger charge is 2.34. The van der Waals surface area contributed by atoms with Crippen LogP contribution >= 0.6 is 0 Å². The van der Waals surface area contributed by atoms with Gasteiger partial charge in [0.15, 0.2) is 11.5 Å². The summed E-state index contributed by atoms with van der Waals surface area (Å²) in [7, 11) is 0. The Bertz CT molecular complexity index is 684. The summed E-state index contributed by atoms with van der Waals surface area (Å²) in [6.07, 6.45) is -1.69. The predicted octanol–water partition coefficient (Wildman–Crippen LogP) is 3.38. The molecule has 0 fully saturated rings. The first-order chi connectivity index (χ1) is 11.1. The van der Waals surface area contributed by atoms with Crippen LogP contribution in [0.15, 0.2) is 30.6 Å². The van der Waals surface area contributed by atoms with Gasteiger partial charge in [-0.05, 0) is 17.5 Å². The second-order valence-corrected chi connectivity index (χ2v) is 6.44. The Hall–Kier alpha value is -2.22. The summed E-state index contributed by atoms with van der Waals surface area (Å²) in [4.78, 5) is 11.6. The quantitative estimate of drug-likeness (QED) is 0.893.